The predicted octanol–water partition coefficient (Wildman–Crippen LogP) is 3.15. The summed E-state index contributed by atoms with van der Waals surface area (Å²) in [6, 6.07) is 4.46. The van der Waals surface area contributed by atoms with Crippen LogP contribution in [0.3, 0.4) is 0 Å². The van der Waals surface area contributed by atoms with E-state index in [0.717, 1.165) is 0 Å². The molecule has 0 aromatic heterocycles. The number of halogens is 2. The lowest BCUT2D eigenvalue weighted by atomic mass is 10.0. The smallest absolute Gasteiger partial charge is 0.128 e. The summed E-state index contributed by atoms with van der Waals surface area (Å²) in [7, 11) is 1.78. The number of benzene rings is 1. The first-order valence-electron chi connectivity index (χ1n) is 4.74. The maximum atomic E-state index is 13.5. The number of hydrogen-bond acceptors (Lipinski definition) is 1. The summed E-state index contributed by atoms with van der Waals surface area (Å²) < 4.78 is 13.5. The molecule has 15 heavy (non-hydrogen) atoms. The molecule has 0 aliphatic heterocycles. The van der Waals surface area contributed by atoms with Gasteiger partial charge in [0.25, 0.3) is 0 Å². The van der Waals surface area contributed by atoms with Gasteiger partial charge in [-0.1, -0.05) is 11.6 Å². The Balaban J connectivity index is 2.91. The lowest BCUT2D eigenvalue weighted by Crippen LogP contribution is -2.17. The van der Waals surface area contributed by atoms with E-state index in [0.29, 0.717) is 23.4 Å². The number of nitrogens with one attached hydrogen (secondary N) is 1. The summed E-state index contributed by atoms with van der Waals surface area (Å²) in [5.41, 5.74) is 0.570. The number of terminal acetylenes is 1. The van der Waals surface area contributed by atoms with Gasteiger partial charge in [-0.05, 0) is 31.7 Å². The fourth-order valence-corrected chi connectivity index (χ4v) is 1.65. The molecule has 0 fully saturated rings. The minimum Gasteiger partial charge on any atom is -0.313 e. The zero-order valence-corrected chi connectivity index (χ0v) is 9.31. The van der Waals surface area contributed by atoms with Gasteiger partial charge in [-0.2, -0.15) is 0 Å². The van der Waals surface area contributed by atoms with Crippen LogP contribution in [-0.2, 0) is 0 Å². The van der Waals surface area contributed by atoms with Crippen molar-refractivity contribution >= 4 is 11.6 Å². The van der Waals surface area contributed by atoms with Crippen molar-refractivity contribution in [3.63, 3.8) is 0 Å². The van der Waals surface area contributed by atoms with Gasteiger partial charge in [0.05, 0.1) is 0 Å². The Morgan fingerprint density at radius 3 is 2.93 bits per heavy atom. The van der Waals surface area contributed by atoms with Crippen LogP contribution >= 0.6 is 11.6 Å². The van der Waals surface area contributed by atoms with Gasteiger partial charge in [-0.15, -0.1) is 12.3 Å². The van der Waals surface area contributed by atoms with Crippen LogP contribution in [0.15, 0.2) is 18.2 Å². The number of rotatable bonds is 4. The molecule has 0 bridgehead atoms. The van der Waals surface area contributed by atoms with E-state index in [9.17, 15) is 4.39 Å². The third kappa shape index (κ3) is 3.23. The maximum absolute atomic E-state index is 13.5. The Morgan fingerprint density at radius 1 is 1.60 bits per heavy atom. The van der Waals surface area contributed by atoms with Gasteiger partial charge in [-0.3, -0.25) is 0 Å². The highest BCUT2D eigenvalue weighted by molar-refractivity contribution is 6.30. The lowest BCUT2D eigenvalue weighted by Gasteiger charge is -2.16. The van der Waals surface area contributed by atoms with E-state index in [1.54, 1.807) is 13.1 Å². The van der Waals surface area contributed by atoms with E-state index < -0.39 is 0 Å². The highest BCUT2D eigenvalue weighted by Crippen LogP contribution is 2.24. The first-order valence-corrected chi connectivity index (χ1v) is 5.12. The predicted molar refractivity (Wildman–Crippen MR) is 61.3 cm³/mol. The summed E-state index contributed by atoms with van der Waals surface area (Å²) in [5.74, 6) is 2.29. The second kappa shape index (κ2) is 5.75. The molecule has 1 rings (SSSR count). The third-order valence-electron chi connectivity index (χ3n) is 2.26. The van der Waals surface area contributed by atoms with Gasteiger partial charge in [0, 0.05) is 23.0 Å². The van der Waals surface area contributed by atoms with Gasteiger partial charge < -0.3 is 5.32 Å². The van der Waals surface area contributed by atoms with Crippen molar-refractivity contribution in [2.24, 2.45) is 0 Å². The van der Waals surface area contributed by atoms with Gasteiger partial charge in [0.15, 0.2) is 0 Å². The summed E-state index contributed by atoms with van der Waals surface area (Å²) in [4.78, 5) is 0. The van der Waals surface area contributed by atoms with Crippen LogP contribution < -0.4 is 5.32 Å². The van der Waals surface area contributed by atoms with Crippen molar-refractivity contribution < 1.29 is 4.39 Å². The Kier molecular flexibility index (Phi) is 4.61. The largest absolute Gasteiger partial charge is 0.313 e. The highest BCUT2D eigenvalue weighted by Gasteiger charge is 2.13. The molecule has 1 atom stereocenters. The normalized spacial score (nSPS) is 12.1. The highest BCUT2D eigenvalue weighted by atomic mass is 35.5. The summed E-state index contributed by atoms with van der Waals surface area (Å²) in [6.07, 6.45) is 6.49. The summed E-state index contributed by atoms with van der Waals surface area (Å²) in [5, 5.41) is 3.56. The molecule has 0 heterocycles. The van der Waals surface area contributed by atoms with Gasteiger partial charge in [0.1, 0.15) is 5.82 Å². The monoisotopic (exact) mass is 225 g/mol. The van der Waals surface area contributed by atoms with Crippen molar-refractivity contribution in [1.82, 2.24) is 5.32 Å². The van der Waals surface area contributed by atoms with Crippen LogP contribution in [0.4, 0.5) is 4.39 Å². The van der Waals surface area contributed by atoms with Crippen LogP contribution in [0.1, 0.15) is 24.4 Å². The molecule has 0 aliphatic carbocycles. The first kappa shape index (κ1) is 12.0. The molecule has 1 aromatic rings. The Hall–Kier alpha value is -1.04. The van der Waals surface area contributed by atoms with Crippen molar-refractivity contribution in [2.75, 3.05) is 7.05 Å². The maximum Gasteiger partial charge on any atom is 0.128 e. The van der Waals surface area contributed by atoms with Gasteiger partial charge in [-0.25, -0.2) is 4.39 Å². The van der Waals surface area contributed by atoms with E-state index in [-0.39, 0.29) is 11.9 Å². The van der Waals surface area contributed by atoms with Crippen molar-refractivity contribution in [3.05, 3.63) is 34.6 Å². The van der Waals surface area contributed by atoms with Crippen LogP contribution in [0.2, 0.25) is 5.02 Å². The van der Waals surface area contributed by atoms with Crippen LogP contribution in [0.5, 0.6) is 0 Å². The SMILES string of the molecule is C#CCCC(NC)c1cc(Cl)ccc1F. The topological polar surface area (TPSA) is 12.0 Å². The second-order valence-corrected chi connectivity index (χ2v) is 3.69. The van der Waals surface area contributed by atoms with E-state index in [4.69, 9.17) is 18.0 Å². The standard InChI is InChI=1S/C12H13ClFN/c1-3-4-5-12(15-2)10-8-9(13)6-7-11(10)14/h1,6-8,12,15H,4-5H2,2H3. The Morgan fingerprint density at radius 2 is 2.33 bits per heavy atom. The minimum atomic E-state index is -0.254. The average Bonchev–Trinajstić information content (AvgIpc) is 2.24. The fourth-order valence-electron chi connectivity index (χ4n) is 1.46. The third-order valence-corrected chi connectivity index (χ3v) is 2.49. The van der Waals surface area contributed by atoms with E-state index in [2.05, 4.69) is 11.2 Å². The van der Waals surface area contributed by atoms with Crippen LogP contribution in [-0.4, -0.2) is 7.05 Å². The molecule has 1 unspecified atom stereocenters. The van der Waals surface area contributed by atoms with Crippen molar-refractivity contribution in [1.29, 1.82) is 0 Å². The molecule has 3 heteroatoms. The fraction of sp³-hybridized carbons (Fsp3) is 0.333. The molecule has 1 N–H and O–H groups in total. The molecule has 80 valence electrons. The lowest BCUT2D eigenvalue weighted by molar-refractivity contribution is 0.514. The Labute approximate surface area is 94.6 Å². The Bertz CT molecular complexity index is 370. The quantitative estimate of drug-likeness (QED) is 0.777. The van der Waals surface area contributed by atoms with Gasteiger partial charge >= 0.3 is 0 Å². The molecule has 0 aliphatic rings. The van der Waals surface area contributed by atoms with Crippen molar-refractivity contribution in [2.45, 2.75) is 18.9 Å². The molecule has 1 nitrogen and oxygen atoms in total. The minimum absolute atomic E-state index is 0.0836. The summed E-state index contributed by atoms with van der Waals surface area (Å²) in [6.45, 7) is 0. The molecule has 0 saturated heterocycles. The van der Waals surface area contributed by atoms with Crippen LogP contribution in [0.25, 0.3) is 0 Å². The average molecular weight is 226 g/mol. The molecular weight excluding hydrogens is 213 g/mol. The van der Waals surface area contributed by atoms with Crippen LogP contribution in [0, 0.1) is 18.2 Å². The molecule has 0 saturated carbocycles. The first-order chi connectivity index (χ1) is 7.19. The van der Waals surface area contributed by atoms with E-state index >= 15 is 0 Å². The van der Waals surface area contributed by atoms with E-state index in [1.165, 1.54) is 12.1 Å². The van der Waals surface area contributed by atoms with E-state index in [1.807, 2.05) is 0 Å². The zero-order valence-electron chi connectivity index (χ0n) is 8.56. The number of hydrogen-bond donors (Lipinski definition) is 1. The summed E-state index contributed by atoms with van der Waals surface area (Å²) >= 11 is 5.82. The molecule has 0 radical (unpaired) electrons. The molecular formula is C12H13ClFN. The molecule has 0 amide bonds. The molecule has 1 aromatic carbocycles. The van der Waals surface area contributed by atoms with Gasteiger partial charge in [0.2, 0.25) is 0 Å². The van der Waals surface area contributed by atoms with Crippen molar-refractivity contribution in [3.8, 4) is 12.3 Å². The zero-order chi connectivity index (χ0) is 11.3. The molecule has 0 spiro atoms. The second-order valence-electron chi connectivity index (χ2n) is 3.25.